The van der Waals surface area contributed by atoms with E-state index in [0.717, 1.165) is 22.4 Å². The number of hydrogen-bond donors (Lipinski definition) is 1. The van der Waals surface area contributed by atoms with E-state index in [1.807, 2.05) is 60.7 Å². The van der Waals surface area contributed by atoms with Crippen molar-refractivity contribution in [1.29, 1.82) is 0 Å². The van der Waals surface area contributed by atoms with E-state index in [-0.39, 0.29) is 0 Å². The summed E-state index contributed by atoms with van der Waals surface area (Å²) in [5.41, 5.74) is 0. The zero-order valence-electron chi connectivity index (χ0n) is 23.6. The van der Waals surface area contributed by atoms with Crippen molar-refractivity contribution in [1.82, 2.24) is 8.82 Å². The molecule has 0 aliphatic carbocycles. The van der Waals surface area contributed by atoms with Gasteiger partial charge in [0.15, 0.2) is 0 Å². The van der Waals surface area contributed by atoms with Gasteiger partial charge < -0.3 is 0 Å². The Balaban J connectivity index is 1.63. The summed E-state index contributed by atoms with van der Waals surface area (Å²) >= 11 is 25.4. The number of nitrogens with zero attached hydrogens (tertiary/aromatic N) is 2. The molecule has 17 heteroatoms. The molecule has 244 valence electrons. The van der Waals surface area contributed by atoms with Gasteiger partial charge in [-0.05, 0) is 0 Å². The Morgan fingerprint density at radius 3 is 1.21 bits per heavy atom. The number of rotatable bonds is 10. The van der Waals surface area contributed by atoms with Crippen LogP contribution in [0.5, 0.6) is 28.7 Å². The number of benzene rings is 5. The van der Waals surface area contributed by atoms with Crippen LogP contribution < -0.4 is 27.5 Å². The van der Waals surface area contributed by atoms with Crippen molar-refractivity contribution in [2.75, 3.05) is 0 Å². The van der Waals surface area contributed by atoms with Gasteiger partial charge in [-0.1, -0.05) is 0 Å². The molecule has 0 aromatic heterocycles. The molecule has 0 fully saturated rings. The fraction of sp³-hybridized carbons (Fsp3) is 0. The minimum absolute atomic E-state index is 0.384. The Hall–Kier alpha value is -1.20. The van der Waals surface area contributed by atoms with Crippen LogP contribution in [0.25, 0.3) is 0 Å². The van der Waals surface area contributed by atoms with E-state index in [1.165, 1.54) is 3.96 Å². The molecule has 0 saturated carbocycles. The van der Waals surface area contributed by atoms with Crippen molar-refractivity contribution in [3.8, 4) is 28.7 Å². The molecule has 5 aromatic carbocycles. The summed E-state index contributed by atoms with van der Waals surface area (Å²) in [5, 5.41) is 0. The molecule has 5 aromatic rings. The predicted octanol–water partition coefficient (Wildman–Crippen LogP) is 13.8. The second-order valence-electron chi connectivity index (χ2n) is 9.64. The molecule has 0 bridgehead atoms. The van der Waals surface area contributed by atoms with Crippen LogP contribution in [0.1, 0.15) is 0 Å². The molecule has 0 amide bonds. The summed E-state index contributed by atoms with van der Waals surface area (Å²) in [4.78, 5) is 3.37. The summed E-state index contributed by atoms with van der Waals surface area (Å²) in [5.74, 6) is 2.03. The molecular weight excluding hydrogens is 1010 g/mol. The normalized spacial score (nSPS) is 17.8. The first kappa shape index (κ1) is 35.6. The van der Waals surface area contributed by atoms with Gasteiger partial charge in [0.05, 0.1) is 0 Å². The maximum absolute atomic E-state index is 7.67. The van der Waals surface area contributed by atoms with Gasteiger partial charge in [0.2, 0.25) is 0 Å². The molecule has 1 heterocycles. The Morgan fingerprint density at radius 1 is 0.553 bits per heavy atom. The van der Waals surface area contributed by atoms with Gasteiger partial charge >= 0.3 is 324 Å². The maximum atomic E-state index is 7.67. The molecule has 1 aliphatic rings. The number of halogens is 6. The molecule has 8 nitrogen and oxygen atoms in total. The van der Waals surface area contributed by atoms with Gasteiger partial charge in [-0.15, -0.1) is 0 Å². The van der Waals surface area contributed by atoms with Gasteiger partial charge in [-0.25, -0.2) is 0 Å². The molecule has 47 heavy (non-hydrogen) atoms. The van der Waals surface area contributed by atoms with E-state index in [1.54, 1.807) is 60.7 Å². The van der Waals surface area contributed by atoms with Crippen LogP contribution >= 0.6 is 116 Å². The van der Waals surface area contributed by atoms with Crippen molar-refractivity contribution in [2.45, 2.75) is 0 Å². The van der Waals surface area contributed by atoms with Crippen molar-refractivity contribution < 1.29 is 22.6 Å². The van der Waals surface area contributed by atoms with Crippen LogP contribution in [0.3, 0.4) is 0 Å². The molecule has 6 rings (SSSR count). The minimum atomic E-state index is -5.15. The van der Waals surface area contributed by atoms with Crippen LogP contribution in [-0.2, 0) is 0 Å². The Morgan fingerprint density at radius 2 is 0.872 bits per heavy atom. The quantitative estimate of drug-likeness (QED) is 0.110. The summed E-state index contributed by atoms with van der Waals surface area (Å²) in [6, 6.07) is 36.4. The van der Waals surface area contributed by atoms with E-state index in [4.69, 9.17) is 38.9 Å². The first-order chi connectivity index (χ1) is 22.5. The summed E-state index contributed by atoms with van der Waals surface area (Å²) < 4.78 is 44.5. The standard InChI is InChI=1S/C30H22Br5ClN3O5P3/c31-21-6-1-11-26(16-21)40-46(41-27-12-2-7-22(32)17-27)37-45-38-47(39(46)36,42-28-13-3-8-23(33)18-28,43-29-14-4-9-24(34)19-29)44-30-15-5-10-25(35)20-30/h1-20,38,45H. The monoisotopic (exact) mass is 1030 g/mol. The zero-order chi connectivity index (χ0) is 33.1. The third kappa shape index (κ3) is 8.24. The van der Waals surface area contributed by atoms with Gasteiger partial charge in [-0.3, -0.25) is 0 Å². The summed E-state index contributed by atoms with van der Waals surface area (Å²) in [7, 11) is -9.39. The molecular formula is C30H22Br5ClN3O5P3. The van der Waals surface area contributed by atoms with E-state index in [2.05, 4.69) is 84.5 Å². The van der Waals surface area contributed by atoms with Crippen LogP contribution in [0, 0.1) is 0 Å². The molecule has 0 radical (unpaired) electrons. The SMILES string of the molecule is ClN1P(Oc2cccc(Br)c2)(Oc2cccc(Br)c2)=NPNP1(Oc1cccc(Br)c1)(Oc1cccc(Br)c1)Oc1cccc(Br)c1. The second kappa shape index (κ2) is 15.0. The fourth-order valence-corrected chi connectivity index (χ4v) is 16.1. The van der Waals surface area contributed by atoms with Gasteiger partial charge in [0.25, 0.3) is 0 Å². The fourth-order valence-electron chi connectivity index (χ4n) is 4.25. The summed E-state index contributed by atoms with van der Waals surface area (Å²) in [6.07, 6.45) is 0. The Kier molecular flexibility index (Phi) is 11.3. The molecule has 1 N–H and O–H groups in total. The van der Waals surface area contributed by atoms with Crippen molar-refractivity contribution in [3.63, 3.8) is 0 Å². The molecule has 1 unspecified atom stereocenters. The van der Waals surface area contributed by atoms with Gasteiger partial charge in [0, 0.05) is 0 Å². The van der Waals surface area contributed by atoms with Crippen LogP contribution in [0.15, 0.2) is 148 Å². The summed E-state index contributed by atoms with van der Waals surface area (Å²) in [6.45, 7) is 0. The van der Waals surface area contributed by atoms with Gasteiger partial charge in [0.1, 0.15) is 0 Å². The van der Waals surface area contributed by atoms with Crippen LogP contribution in [-0.4, -0.2) is 3.96 Å². The Bertz CT molecular complexity index is 1830. The molecule has 0 spiro atoms. The average molecular weight is 1030 g/mol. The first-order valence-corrected chi connectivity index (χ1v) is 22.2. The Labute approximate surface area is 321 Å². The third-order valence-corrected chi connectivity index (χ3v) is 18.3. The first-order valence-electron chi connectivity index (χ1n) is 13.5. The second-order valence-corrected chi connectivity index (χ2v) is 21.6. The average Bonchev–Trinajstić information content (AvgIpc) is 3.00. The van der Waals surface area contributed by atoms with Gasteiger partial charge in [-0.2, -0.15) is 0 Å². The van der Waals surface area contributed by atoms with E-state index in [0.29, 0.717) is 28.7 Å². The van der Waals surface area contributed by atoms with E-state index in [9.17, 15) is 0 Å². The zero-order valence-corrected chi connectivity index (χ0v) is 35.1. The third-order valence-electron chi connectivity index (χ3n) is 6.13. The van der Waals surface area contributed by atoms with Crippen molar-refractivity contribution >= 4 is 116 Å². The predicted molar refractivity (Wildman–Crippen MR) is 209 cm³/mol. The molecule has 0 saturated heterocycles. The van der Waals surface area contributed by atoms with Crippen molar-refractivity contribution in [3.05, 3.63) is 144 Å². The molecule has 1 aliphatic heterocycles. The number of hydrogen-bond acceptors (Lipinski definition) is 8. The number of nitrogens with one attached hydrogen (secondary N) is 1. The van der Waals surface area contributed by atoms with Crippen LogP contribution in [0.2, 0.25) is 0 Å². The van der Waals surface area contributed by atoms with E-state index < -0.39 is 24.1 Å². The molecule has 1 atom stereocenters. The van der Waals surface area contributed by atoms with E-state index >= 15 is 0 Å². The topological polar surface area (TPSA) is 73.8 Å². The van der Waals surface area contributed by atoms with Crippen LogP contribution in [0.4, 0.5) is 0 Å². The van der Waals surface area contributed by atoms with Crippen molar-refractivity contribution in [2.24, 2.45) is 4.52 Å².